The zero-order valence-corrected chi connectivity index (χ0v) is 12.0. The minimum atomic E-state index is -4.47. The first-order chi connectivity index (χ1) is 10.7. The molecule has 0 radical (unpaired) electrons. The van der Waals surface area contributed by atoms with Crippen LogP contribution < -0.4 is 5.32 Å². The molecule has 0 spiro atoms. The Labute approximate surface area is 129 Å². The Hall–Kier alpha value is -2.07. The summed E-state index contributed by atoms with van der Waals surface area (Å²) in [6.07, 6.45) is -5.67. The lowest BCUT2D eigenvalue weighted by Gasteiger charge is -2.35. The Morgan fingerprint density at radius 1 is 1.30 bits per heavy atom. The highest BCUT2D eigenvalue weighted by molar-refractivity contribution is 5.57. The summed E-state index contributed by atoms with van der Waals surface area (Å²) < 4.78 is 38.7. The molecule has 1 fully saturated rings. The number of nitro groups is 1. The first-order valence-electron chi connectivity index (χ1n) is 6.91. The van der Waals surface area contributed by atoms with Gasteiger partial charge in [-0.15, -0.1) is 0 Å². The Kier molecular flexibility index (Phi) is 4.95. The molecule has 1 heterocycles. The largest absolute Gasteiger partial charge is 0.504 e. The molecular formula is C13H16F3N3O4. The van der Waals surface area contributed by atoms with E-state index in [0.29, 0.717) is 26.2 Å². The van der Waals surface area contributed by atoms with Crippen LogP contribution in [0.2, 0.25) is 0 Å². The SMILES string of the molecule is O=[N+]([O-])c1cc([C@H](CC(F)(F)F)N2CCNCC2)cc(O)c1O. The number of nitrogens with one attached hydrogen (secondary N) is 1. The van der Waals surface area contributed by atoms with E-state index in [2.05, 4.69) is 5.32 Å². The maximum atomic E-state index is 12.9. The molecule has 7 nitrogen and oxygen atoms in total. The Balaban J connectivity index is 2.43. The van der Waals surface area contributed by atoms with Crippen LogP contribution in [0.25, 0.3) is 0 Å². The van der Waals surface area contributed by atoms with Crippen molar-refractivity contribution >= 4 is 5.69 Å². The van der Waals surface area contributed by atoms with E-state index in [0.717, 1.165) is 12.1 Å². The second kappa shape index (κ2) is 6.59. The molecule has 1 atom stereocenters. The molecule has 0 saturated carbocycles. The Morgan fingerprint density at radius 2 is 1.91 bits per heavy atom. The number of nitrogens with zero attached hydrogens (tertiary/aromatic N) is 2. The van der Waals surface area contributed by atoms with Gasteiger partial charge in [-0.05, 0) is 11.6 Å². The van der Waals surface area contributed by atoms with Gasteiger partial charge in [0.2, 0.25) is 5.75 Å². The summed E-state index contributed by atoms with van der Waals surface area (Å²) in [7, 11) is 0. The topological polar surface area (TPSA) is 98.9 Å². The number of piperazine rings is 1. The molecule has 2 rings (SSSR count). The molecule has 1 aliphatic heterocycles. The monoisotopic (exact) mass is 335 g/mol. The predicted octanol–water partition coefficient (Wildman–Crippen LogP) is 1.90. The summed E-state index contributed by atoms with van der Waals surface area (Å²) in [5, 5.41) is 33.0. The fourth-order valence-corrected chi connectivity index (χ4v) is 2.63. The van der Waals surface area contributed by atoms with Crippen molar-refractivity contribution < 1.29 is 28.3 Å². The van der Waals surface area contributed by atoms with Gasteiger partial charge in [-0.3, -0.25) is 15.0 Å². The Bertz CT molecular complexity index is 589. The van der Waals surface area contributed by atoms with E-state index < -0.39 is 40.7 Å². The second-order valence-electron chi connectivity index (χ2n) is 5.29. The van der Waals surface area contributed by atoms with Gasteiger partial charge in [0, 0.05) is 38.3 Å². The number of hydrogen-bond acceptors (Lipinski definition) is 6. The van der Waals surface area contributed by atoms with E-state index >= 15 is 0 Å². The number of nitro benzene ring substituents is 1. The van der Waals surface area contributed by atoms with E-state index in [1.807, 2.05) is 0 Å². The summed E-state index contributed by atoms with van der Waals surface area (Å²) >= 11 is 0. The van der Waals surface area contributed by atoms with Crippen molar-refractivity contribution in [2.45, 2.75) is 18.6 Å². The smallest absolute Gasteiger partial charge is 0.390 e. The van der Waals surface area contributed by atoms with Gasteiger partial charge in [0.15, 0.2) is 5.75 Å². The quantitative estimate of drug-likeness (QED) is 0.442. The normalized spacial score (nSPS) is 17.9. The van der Waals surface area contributed by atoms with Gasteiger partial charge >= 0.3 is 11.9 Å². The van der Waals surface area contributed by atoms with E-state index in [1.165, 1.54) is 0 Å². The van der Waals surface area contributed by atoms with Crippen LogP contribution in [0.1, 0.15) is 18.0 Å². The maximum absolute atomic E-state index is 12.9. The van der Waals surface area contributed by atoms with Crippen LogP contribution in [0.15, 0.2) is 12.1 Å². The summed E-state index contributed by atoms with van der Waals surface area (Å²) in [5.74, 6) is -1.76. The minimum Gasteiger partial charge on any atom is -0.504 e. The predicted molar refractivity (Wildman–Crippen MR) is 74.3 cm³/mol. The van der Waals surface area contributed by atoms with Gasteiger partial charge in [0.1, 0.15) is 0 Å². The number of hydrogen-bond donors (Lipinski definition) is 3. The van der Waals surface area contributed by atoms with Gasteiger partial charge in [0.25, 0.3) is 0 Å². The van der Waals surface area contributed by atoms with Crippen LogP contribution in [0, 0.1) is 10.1 Å². The van der Waals surface area contributed by atoms with Crippen LogP contribution in [0.5, 0.6) is 11.5 Å². The highest BCUT2D eigenvalue weighted by atomic mass is 19.4. The lowest BCUT2D eigenvalue weighted by Crippen LogP contribution is -2.46. The van der Waals surface area contributed by atoms with Crippen molar-refractivity contribution in [2.24, 2.45) is 0 Å². The molecule has 10 heteroatoms. The third-order valence-electron chi connectivity index (χ3n) is 3.69. The van der Waals surface area contributed by atoms with Crippen molar-refractivity contribution in [1.29, 1.82) is 0 Å². The molecule has 0 unspecified atom stereocenters. The van der Waals surface area contributed by atoms with E-state index in [-0.39, 0.29) is 5.56 Å². The van der Waals surface area contributed by atoms with E-state index in [9.17, 15) is 33.5 Å². The van der Waals surface area contributed by atoms with Gasteiger partial charge in [-0.25, -0.2) is 0 Å². The molecule has 1 aromatic rings. The van der Waals surface area contributed by atoms with Crippen molar-refractivity contribution in [3.63, 3.8) is 0 Å². The molecule has 23 heavy (non-hydrogen) atoms. The van der Waals surface area contributed by atoms with Crippen molar-refractivity contribution in [3.8, 4) is 11.5 Å². The summed E-state index contributed by atoms with van der Waals surface area (Å²) in [6, 6.07) is 0.663. The zero-order chi connectivity index (χ0) is 17.2. The molecule has 1 aliphatic rings. The summed E-state index contributed by atoms with van der Waals surface area (Å²) in [4.78, 5) is 11.5. The van der Waals surface area contributed by atoms with E-state index in [1.54, 1.807) is 4.90 Å². The maximum Gasteiger partial charge on any atom is 0.390 e. The molecule has 0 bridgehead atoms. The number of halogens is 3. The van der Waals surface area contributed by atoms with Crippen LogP contribution in [-0.2, 0) is 0 Å². The van der Waals surface area contributed by atoms with Gasteiger partial charge in [-0.1, -0.05) is 0 Å². The third kappa shape index (κ3) is 4.23. The summed E-state index contributed by atoms with van der Waals surface area (Å²) in [6.45, 7) is 1.69. The van der Waals surface area contributed by atoms with Gasteiger partial charge in [0.05, 0.1) is 11.3 Å². The number of phenols is 2. The van der Waals surface area contributed by atoms with Gasteiger partial charge in [-0.2, -0.15) is 13.2 Å². The third-order valence-corrected chi connectivity index (χ3v) is 3.69. The fourth-order valence-electron chi connectivity index (χ4n) is 2.63. The lowest BCUT2D eigenvalue weighted by atomic mass is 9.99. The molecule has 128 valence electrons. The first kappa shape index (κ1) is 17.3. The second-order valence-corrected chi connectivity index (χ2v) is 5.29. The standard InChI is InChI=1S/C13H16F3N3O4/c14-13(15,16)7-10(18-3-1-17-2-4-18)8-5-9(19(22)23)12(21)11(20)6-8/h5-6,10,17,20-21H,1-4,7H2/t10-/m0/s1. The van der Waals surface area contributed by atoms with Crippen LogP contribution >= 0.6 is 0 Å². The average Bonchev–Trinajstić information content (AvgIpc) is 2.47. The van der Waals surface area contributed by atoms with Crippen LogP contribution in [0.4, 0.5) is 18.9 Å². The molecule has 0 aliphatic carbocycles. The Morgan fingerprint density at radius 3 is 2.43 bits per heavy atom. The average molecular weight is 335 g/mol. The minimum absolute atomic E-state index is 0.0498. The van der Waals surface area contributed by atoms with E-state index in [4.69, 9.17) is 0 Å². The number of alkyl halides is 3. The number of benzene rings is 1. The number of phenolic OH excluding ortho intramolecular Hbond substituents is 2. The molecule has 1 saturated heterocycles. The van der Waals surface area contributed by atoms with Crippen molar-refractivity contribution in [3.05, 3.63) is 27.8 Å². The molecule has 3 N–H and O–H groups in total. The molecular weight excluding hydrogens is 319 g/mol. The van der Waals surface area contributed by atoms with Crippen LogP contribution in [0.3, 0.4) is 0 Å². The van der Waals surface area contributed by atoms with Crippen molar-refractivity contribution in [2.75, 3.05) is 26.2 Å². The fraction of sp³-hybridized carbons (Fsp3) is 0.538. The zero-order valence-electron chi connectivity index (χ0n) is 12.0. The number of aromatic hydroxyl groups is 2. The molecule has 0 amide bonds. The van der Waals surface area contributed by atoms with Crippen LogP contribution in [-0.4, -0.2) is 52.4 Å². The first-order valence-corrected chi connectivity index (χ1v) is 6.91. The summed E-state index contributed by atoms with van der Waals surface area (Å²) in [5.41, 5.74) is -0.867. The molecule has 0 aromatic heterocycles. The van der Waals surface area contributed by atoms with Crippen molar-refractivity contribution in [1.82, 2.24) is 10.2 Å². The highest BCUT2D eigenvalue weighted by Gasteiger charge is 2.37. The highest BCUT2D eigenvalue weighted by Crippen LogP contribution is 2.41. The lowest BCUT2D eigenvalue weighted by molar-refractivity contribution is -0.386. The molecule has 1 aromatic carbocycles. The van der Waals surface area contributed by atoms with Gasteiger partial charge < -0.3 is 15.5 Å². The number of rotatable bonds is 4.